The van der Waals surface area contributed by atoms with E-state index < -0.39 is 11.9 Å². The van der Waals surface area contributed by atoms with Crippen LogP contribution in [0.4, 0.5) is 0 Å². The standard InChI is InChI=1S/C35H72O6/c1-7-36-34(37-8-2,38-9-3)32-30-28-26-24-22-20-18-16-14-13-15-17-19-21-23-25-27-29-31-33-35(39-10-4,40-11-5)41-12-6/h7-33H2,1-6H3. The van der Waals surface area contributed by atoms with E-state index in [0.29, 0.717) is 39.6 Å². The SMILES string of the molecule is CCOC(CCCCCCCCCCCCCCCCCCCCCC(OCC)(OCC)OCC)(OCC)OCC. The molecule has 0 spiro atoms. The van der Waals surface area contributed by atoms with Gasteiger partial charge in [0.1, 0.15) is 0 Å². The smallest absolute Gasteiger partial charge is 0.282 e. The Hall–Kier alpha value is -0.240. The van der Waals surface area contributed by atoms with Crippen molar-refractivity contribution in [3.05, 3.63) is 0 Å². The van der Waals surface area contributed by atoms with Crippen molar-refractivity contribution in [2.75, 3.05) is 39.6 Å². The van der Waals surface area contributed by atoms with E-state index in [1.54, 1.807) is 0 Å². The quantitative estimate of drug-likeness (QED) is 0.0550. The lowest BCUT2D eigenvalue weighted by atomic mass is 10.0. The monoisotopic (exact) mass is 589 g/mol. The number of ether oxygens (including phenoxy) is 6. The van der Waals surface area contributed by atoms with Crippen molar-refractivity contribution in [1.29, 1.82) is 0 Å². The van der Waals surface area contributed by atoms with Crippen LogP contribution in [0.3, 0.4) is 0 Å². The molecule has 0 aromatic heterocycles. The van der Waals surface area contributed by atoms with Crippen molar-refractivity contribution in [1.82, 2.24) is 0 Å². The van der Waals surface area contributed by atoms with Gasteiger partial charge in [0.15, 0.2) is 0 Å². The molecule has 0 aliphatic carbocycles. The highest BCUT2D eigenvalue weighted by Crippen LogP contribution is 2.25. The van der Waals surface area contributed by atoms with Crippen LogP contribution in [0, 0.1) is 0 Å². The summed E-state index contributed by atoms with van der Waals surface area (Å²) in [5, 5.41) is 0. The topological polar surface area (TPSA) is 55.4 Å². The van der Waals surface area contributed by atoms with E-state index in [4.69, 9.17) is 28.4 Å². The molecule has 0 aromatic carbocycles. The molecule has 0 fully saturated rings. The first-order valence-electron chi connectivity index (χ1n) is 17.9. The van der Waals surface area contributed by atoms with Gasteiger partial charge >= 0.3 is 0 Å². The predicted molar refractivity (Wildman–Crippen MR) is 172 cm³/mol. The van der Waals surface area contributed by atoms with E-state index in [9.17, 15) is 0 Å². The minimum atomic E-state index is -0.828. The molecule has 6 heteroatoms. The van der Waals surface area contributed by atoms with Crippen molar-refractivity contribution < 1.29 is 28.4 Å². The normalized spacial score (nSPS) is 12.4. The third kappa shape index (κ3) is 22.9. The molecule has 6 nitrogen and oxygen atoms in total. The summed E-state index contributed by atoms with van der Waals surface area (Å²) in [4.78, 5) is 0. The summed E-state index contributed by atoms with van der Waals surface area (Å²) >= 11 is 0. The Bertz CT molecular complexity index is 437. The zero-order chi connectivity index (χ0) is 30.3. The van der Waals surface area contributed by atoms with Crippen LogP contribution in [0.25, 0.3) is 0 Å². The van der Waals surface area contributed by atoms with Crippen molar-refractivity contribution in [2.24, 2.45) is 0 Å². The largest absolute Gasteiger partial charge is 0.328 e. The average Bonchev–Trinajstić information content (AvgIpc) is 2.95. The van der Waals surface area contributed by atoms with Gasteiger partial charge in [-0.3, -0.25) is 0 Å². The maximum Gasteiger partial charge on any atom is 0.282 e. The molecular formula is C35H72O6. The van der Waals surface area contributed by atoms with Crippen LogP contribution in [-0.4, -0.2) is 51.6 Å². The molecule has 0 aromatic rings. The second-order valence-electron chi connectivity index (χ2n) is 11.2. The number of hydrogen-bond donors (Lipinski definition) is 0. The Morgan fingerprint density at radius 1 is 0.244 bits per heavy atom. The molecule has 248 valence electrons. The zero-order valence-corrected chi connectivity index (χ0v) is 28.5. The van der Waals surface area contributed by atoms with E-state index in [-0.39, 0.29) is 0 Å². The molecule has 0 atom stereocenters. The highest BCUT2D eigenvalue weighted by Gasteiger charge is 2.32. The second kappa shape index (κ2) is 29.8. The molecule has 0 saturated heterocycles. The van der Waals surface area contributed by atoms with Gasteiger partial charge in [-0.15, -0.1) is 0 Å². The first-order chi connectivity index (χ1) is 20.1. The lowest BCUT2D eigenvalue weighted by molar-refractivity contribution is -0.380. The maximum atomic E-state index is 5.82. The average molecular weight is 589 g/mol. The Kier molecular flexibility index (Phi) is 29.6. The van der Waals surface area contributed by atoms with Gasteiger partial charge in [-0.1, -0.05) is 109 Å². The molecule has 0 bridgehead atoms. The first-order valence-corrected chi connectivity index (χ1v) is 17.9. The minimum Gasteiger partial charge on any atom is -0.328 e. The summed E-state index contributed by atoms with van der Waals surface area (Å²) in [6, 6.07) is 0. The van der Waals surface area contributed by atoms with Gasteiger partial charge in [-0.2, -0.15) is 0 Å². The van der Waals surface area contributed by atoms with Crippen LogP contribution in [0.2, 0.25) is 0 Å². The molecule has 0 aliphatic rings. The number of rotatable bonds is 34. The fourth-order valence-corrected chi connectivity index (χ4v) is 5.69. The fourth-order valence-electron chi connectivity index (χ4n) is 5.69. The van der Waals surface area contributed by atoms with Gasteiger partial charge in [0.25, 0.3) is 11.9 Å². The van der Waals surface area contributed by atoms with Crippen LogP contribution in [0.1, 0.15) is 176 Å². The molecule has 0 N–H and O–H groups in total. The molecule has 0 heterocycles. The summed E-state index contributed by atoms with van der Waals surface area (Å²) in [5.74, 6) is -1.66. The van der Waals surface area contributed by atoms with E-state index in [2.05, 4.69) is 0 Å². The van der Waals surface area contributed by atoms with Crippen molar-refractivity contribution >= 4 is 0 Å². The maximum absolute atomic E-state index is 5.82. The molecule has 41 heavy (non-hydrogen) atoms. The summed E-state index contributed by atoms with van der Waals surface area (Å²) in [5.41, 5.74) is 0. The second-order valence-corrected chi connectivity index (χ2v) is 11.2. The lowest BCUT2D eigenvalue weighted by Gasteiger charge is -2.32. The molecule has 0 saturated carbocycles. The Labute approximate surface area is 256 Å². The summed E-state index contributed by atoms with van der Waals surface area (Å²) in [7, 11) is 0. The predicted octanol–water partition coefficient (Wildman–Crippen LogP) is 10.7. The van der Waals surface area contributed by atoms with E-state index in [1.165, 1.54) is 109 Å². The van der Waals surface area contributed by atoms with Gasteiger partial charge in [-0.25, -0.2) is 0 Å². The van der Waals surface area contributed by atoms with E-state index >= 15 is 0 Å². The van der Waals surface area contributed by atoms with Crippen molar-refractivity contribution in [3.63, 3.8) is 0 Å². The Morgan fingerprint density at radius 3 is 0.537 bits per heavy atom. The third-order valence-corrected chi connectivity index (χ3v) is 7.65. The Balaban J connectivity index is 3.52. The first kappa shape index (κ1) is 40.8. The summed E-state index contributed by atoms with van der Waals surface area (Å²) in [6.45, 7) is 15.7. The fraction of sp³-hybridized carbons (Fsp3) is 1.00. The van der Waals surface area contributed by atoms with Gasteiger partial charge in [0.05, 0.1) is 0 Å². The van der Waals surface area contributed by atoms with Crippen LogP contribution in [0.5, 0.6) is 0 Å². The molecule has 0 amide bonds. The molecule has 0 unspecified atom stereocenters. The van der Waals surface area contributed by atoms with Gasteiger partial charge in [-0.05, 0) is 54.4 Å². The number of hydrogen-bond acceptors (Lipinski definition) is 6. The minimum absolute atomic E-state index is 0.615. The van der Waals surface area contributed by atoms with Crippen molar-refractivity contribution in [3.8, 4) is 0 Å². The van der Waals surface area contributed by atoms with Gasteiger partial charge < -0.3 is 28.4 Å². The summed E-state index contributed by atoms with van der Waals surface area (Å²) in [6.07, 6.45) is 27.0. The van der Waals surface area contributed by atoms with E-state index in [0.717, 1.165) is 25.7 Å². The van der Waals surface area contributed by atoms with Crippen LogP contribution >= 0.6 is 0 Å². The van der Waals surface area contributed by atoms with Crippen molar-refractivity contribution in [2.45, 2.75) is 188 Å². The van der Waals surface area contributed by atoms with Gasteiger partial charge in [0, 0.05) is 52.5 Å². The Morgan fingerprint density at radius 2 is 0.390 bits per heavy atom. The van der Waals surface area contributed by atoms with E-state index in [1.807, 2.05) is 41.5 Å². The van der Waals surface area contributed by atoms with Gasteiger partial charge in [0.2, 0.25) is 0 Å². The van der Waals surface area contributed by atoms with Crippen LogP contribution < -0.4 is 0 Å². The third-order valence-electron chi connectivity index (χ3n) is 7.65. The molecule has 0 aliphatic heterocycles. The lowest BCUT2D eigenvalue weighted by Crippen LogP contribution is -2.39. The molecule has 0 rings (SSSR count). The van der Waals surface area contributed by atoms with Crippen LogP contribution in [0.15, 0.2) is 0 Å². The highest BCUT2D eigenvalue weighted by molar-refractivity contribution is 4.61. The zero-order valence-electron chi connectivity index (χ0n) is 28.5. The highest BCUT2D eigenvalue weighted by atomic mass is 16.9. The number of unbranched alkanes of at least 4 members (excludes halogenated alkanes) is 18. The summed E-state index contributed by atoms with van der Waals surface area (Å²) < 4.78 is 34.9. The molecule has 0 radical (unpaired) electrons. The molecular weight excluding hydrogens is 516 g/mol. The van der Waals surface area contributed by atoms with Crippen LogP contribution in [-0.2, 0) is 28.4 Å².